The second-order valence-electron chi connectivity index (χ2n) is 5.19. The first kappa shape index (κ1) is 13.4. The summed E-state index contributed by atoms with van der Waals surface area (Å²) in [5.74, 6) is 0.212. The molecular formula is C11H24N2O. The van der Waals surface area contributed by atoms with Crippen molar-refractivity contribution in [2.45, 2.75) is 47.1 Å². The summed E-state index contributed by atoms with van der Waals surface area (Å²) in [6.45, 7) is 11.0. The highest BCUT2D eigenvalue weighted by molar-refractivity contribution is 5.81. The molecule has 0 heterocycles. The maximum Gasteiger partial charge on any atom is 0.237 e. The summed E-state index contributed by atoms with van der Waals surface area (Å²) in [6, 6.07) is -0.373. The van der Waals surface area contributed by atoms with Crippen molar-refractivity contribution in [3.63, 3.8) is 0 Å². The number of rotatable bonds is 4. The normalized spacial score (nSPS) is 16.1. The predicted molar refractivity (Wildman–Crippen MR) is 59.9 cm³/mol. The molecule has 0 unspecified atom stereocenters. The number of hydrogen-bond donors (Lipinski definition) is 2. The lowest BCUT2D eigenvalue weighted by molar-refractivity contribution is -0.123. The van der Waals surface area contributed by atoms with E-state index in [-0.39, 0.29) is 23.3 Å². The highest BCUT2D eigenvalue weighted by atomic mass is 16.2. The van der Waals surface area contributed by atoms with Crippen LogP contribution >= 0.6 is 0 Å². The molecule has 0 saturated carbocycles. The third-order valence-corrected chi connectivity index (χ3v) is 2.35. The molecule has 0 saturated heterocycles. The fraction of sp³-hybridized carbons (Fsp3) is 0.909. The minimum absolute atomic E-state index is 0.0331. The van der Waals surface area contributed by atoms with Gasteiger partial charge >= 0.3 is 0 Å². The van der Waals surface area contributed by atoms with Gasteiger partial charge in [-0.3, -0.25) is 4.79 Å². The molecule has 0 aliphatic carbocycles. The minimum Gasteiger partial charge on any atom is -0.354 e. The second kappa shape index (κ2) is 5.35. The summed E-state index contributed by atoms with van der Waals surface area (Å²) in [4.78, 5) is 11.6. The van der Waals surface area contributed by atoms with Crippen LogP contribution in [0.4, 0.5) is 0 Å². The van der Waals surface area contributed by atoms with Crippen molar-refractivity contribution in [2.24, 2.45) is 17.1 Å². The molecule has 3 N–H and O–H groups in total. The zero-order valence-corrected chi connectivity index (χ0v) is 10.1. The van der Waals surface area contributed by atoms with Gasteiger partial charge in [0.05, 0.1) is 6.04 Å². The van der Waals surface area contributed by atoms with Gasteiger partial charge in [-0.2, -0.15) is 0 Å². The Kier molecular flexibility index (Phi) is 5.13. The van der Waals surface area contributed by atoms with Gasteiger partial charge in [0.1, 0.15) is 0 Å². The molecular weight excluding hydrogens is 176 g/mol. The first-order valence-corrected chi connectivity index (χ1v) is 5.31. The average Bonchev–Trinajstić information content (AvgIpc) is 2.10. The van der Waals surface area contributed by atoms with Gasteiger partial charge < -0.3 is 11.1 Å². The van der Waals surface area contributed by atoms with E-state index in [4.69, 9.17) is 5.73 Å². The largest absolute Gasteiger partial charge is 0.354 e. The molecule has 0 aliphatic rings. The molecule has 3 nitrogen and oxygen atoms in total. The van der Waals surface area contributed by atoms with Crippen molar-refractivity contribution >= 4 is 5.91 Å². The van der Waals surface area contributed by atoms with Crippen LogP contribution in [0.25, 0.3) is 0 Å². The Labute approximate surface area is 87.4 Å². The first-order valence-electron chi connectivity index (χ1n) is 5.31. The van der Waals surface area contributed by atoms with Gasteiger partial charge in [0.2, 0.25) is 5.91 Å². The Balaban J connectivity index is 3.97. The van der Waals surface area contributed by atoms with Crippen LogP contribution < -0.4 is 11.1 Å². The van der Waals surface area contributed by atoms with E-state index in [1.165, 1.54) is 0 Å². The highest BCUT2D eigenvalue weighted by Gasteiger charge is 2.20. The maximum atomic E-state index is 11.6. The SMILES string of the molecule is CC[C@H](C)[C@H](N)C(=O)NCC(C)(C)C. The van der Waals surface area contributed by atoms with Gasteiger partial charge in [-0.25, -0.2) is 0 Å². The molecule has 0 radical (unpaired) electrons. The van der Waals surface area contributed by atoms with Gasteiger partial charge in [0.15, 0.2) is 0 Å². The van der Waals surface area contributed by atoms with Crippen molar-refractivity contribution in [2.75, 3.05) is 6.54 Å². The van der Waals surface area contributed by atoms with Crippen LogP contribution in [0, 0.1) is 11.3 Å². The lowest BCUT2D eigenvalue weighted by atomic mass is 9.95. The van der Waals surface area contributed by atoms with E-state index in [1.807, 2.05) is 13.8 Å². The van der Waals surface area contributed by atoms with Crippen molar-refractivity contribution in [1.29, 1.82) is 0 Å². The Bertz CT molecular complexity index is 184. The van der Waals surface area contributed by atoms with Gasteiger partial charge in [-0.1, -0.05) is 41.0 Å². The fourth-order valence-electron chi connectivity index (χ4n) is 0.982. The molecule has 0 bridgehead atoms. The van der Waals surface area contributed by atoms with Crippen LogP contribution in [0.3, 0.4) is 0 Å². The van der Waals surface area contributed by atoms with E-state index in [0.717, 1.165) is 6.42 Å². The van der Waals surface area contributed by atoms with E-state index in [9.17, 15) is 4.79 Å². The zero-order valence-electron chi connectivity index (χ0n) is 10.1. The lowest BCUT2D eigenvalue weighted by Gasteiger charge is -2.22. The zero-order chi connectivity index (χ0) is 11.4. The molecule has 14 heavy (non-hydrogen) atoms. The number of amides is 1. The van der Waals surface area contributed by atoms with Gasteiger partial charge in [-0.15, -0.1) is 0 Å². The summed E-state index contributed by atoms with van der Waals surface area (Å²) in [5.41, 5.74) is 5.90. The molecule has 0 aromatic carbocycles. The van der Waals surface area contributed by atoms with Crippen molar-refractivity contribution < 1.29 is 4.79 Å². The molecule has 0 spiro atoms. The maximum absolute atomic E-state index is 11.6. The van der Waals surface area contributed by atoms with E-state index in [0.29, 0.717) is 6.54 Å². The van der Waals surface area contributed by atoms with Crippen molar-refractivity contribution in [3.8, 4) is 0 Å². The summed E-state index contributed by atoms with van der Waals surface area (Å²) in [5, 5.41) is 2.87. The summed E-state index contributed by atoms with van der Waals surface area (Å²) in [6.07, 6.45) is 0.935. The van der Waals surface area contributed by atoms with Crippen molar-refractivity contribution in [3.05, 3.63) is 0 Å². The number of hydrogen-bond acceptors (Lipinski definition) is 2. The number of nitrogens with two attached hydrogens (primary N) is 1. The van der Waals surface area contributed by atoms with Crippen LogP contribution in [-0.2, 0) is 4.79 Å². The van der Waals surface area contributed by atoms with Crippen molar-refractivity contribution in [1.82, 2.24) is 5.32 Å². The summed E-state index contributed by atoms with van der Waals surface area (Å²) in [7, 11) is 0. The van der Waals surface area contributed by atoms with E-state index in [2.05, 4.69) is 26.1 Å². The summed E-state index contributed by atoms with van der Waals surface area (Å²) < 4.78 is 0. The van der Waals surface area contributed by atoms with E-state index in [1.54, 1.807) is 0 Å². The number of nitrogens with one attached hydrogen (secondary N) is 1. The molecule has 0 aromatic heterocycles. The molecule has 2 atom stereocenters. The predicted octanol–water partition coefficient (Wildman–Crippen LogP) is 1.52. The number of carbonyl (C=O) groups is 1. The van der Waals surface area contributed by atoms with Gasteiger partial charge in [0, 0.05) is 6.54 Å². The Hall–Kier alpha value is -0.570. The van der Waals surface area contributed by atoms with Crippen LogP contribution in [0.1, 0.15) is 41.0 Å². The molecule has 0 aromatic rings. The first-order chi connectivity index (χ1) is 6.28. The summed E-state index contributed by atoms with van der Waals surface area (Å²) >= 11 is 0. The van der Waals surface area contributed by atoms with Crippen LogP contribution in [0.2, 0.25) is 0 Å². The quantitative estimate of drug-likeness (QED) is 0.723. The monoisotopic (exact) mass is 200 g/mol. The van der Waals surface area contributed by atoms with Gasteiger partial charge in [-0.05, 0) is 11.3 Å². The fourth-order valence-corrected chi connectivity index (χ4v) is 0.982. The van der Waals surface area contributed by atoms with Crippen LogP contribution in [-0.4, -0.2) is 18.5 Å². The molecule has 84 valence electrons. The third-order valence-electron chi connectivity index (χ3n) is 2.35. The molecule has 0 rings (SSSR count). The van der Waals surface area contributed by atoms with Crippen LogP contribution in [0.5, 0.6) is 0 Å². The smallest absolute Gasteiger partial charge is 0.237 e. The van der Waals surface area contributed by atoms with E-state index < -0.39 is 0 Å². The highest BCUT2D eigenvalue weighted by Crippen LogP contribution is 2.11. The topological polar surface area (TPSA) is 55.1 Å². The molecule has 1 amide bonds. The Morgan fingerprint density at radius 3 is 2.29 bits per heavy atom. The third kappa shape index (κ3) is 5.22. The standard InChI is InChI=1S/C11H24N2O/c1-6-8(2)9(12)10(14)13-7-11(3,4)5/h8-9H,6-7,12H2,1-5H3,(H,13,14)/t8-,9-/m0/s1. The second-order valence-corrected chi connectivity index (χ2v) is 5.19. The average molecular weight is 200 g/mol. The minimum atomic E-state index is -0.373. The number of carbonyl (C=O) groups excluding carboxylic acids is 1. The molecule has 0 fully saturated rings. The molecule has 0 aliphatic heterocycles. The molecule has 3 heteroatoms. The Morgan fingerprint density at radius 2 is 1.93 bits per heavy atom. The Morgan fingerprint density at radius 1 is 1.43 bits per heavy atom. The van der Waals surface area contributed by atoms with E-state index >= 15 is 0 Å². The van der Waals surface area contributed by atoms with Crippen LogP contribution in [0.15, 0.2) is 0 Å². The van der Waals surface area contributed by atoms with Gasteiger partial charge in [0.25, 0.3) is 0 Å². The lowest BCUT2D eigenvalue weighted by Crippen LogP contribution is -2.46.